The molecule has 0 N–H and O–H groups in total. The molecule has 0 bridgehead atoms. The molecule has 72 valence electrons. The van der Waals surface area contributed by atoms with Gasteiger partial charge in [0.2, 0.25) is 0 Å². The van der Waals surface area contributed by atoms with Crippen molar-refractivity contribution >= 4 is 34.2 Å². The molecule has 0 radical (unpaired) electrons. The molecule has 0 heterocycles. The zero-order valence-electron chi connectivity index (χ0n) is 7.82. The summed E-state index contributed by atoms with van der Waals surface area (Å²) >= 11 is 8.04. The van der Waals surface area contributed by atoms with Crippen molar-refractivity contribution in [3.8, 4) is 0 Å². The molecular weight excluding hydrogens is 294 g/mol. The van der Waals surface area contributed by atoms with Gasteiger partial charge < -0.3 is 0 Å². The van der Waals surface area contributed by atoms with E-state index in [1.165, 1.54) is 14.7 Å². The van der Waals surface area contributed by atoms with Crippen LogP contribution in [0.4, 0.5) is 0 Å². The van der Waals surface area contributed by atoms with E-state index in [4.69, 9.17) is 11.6 Å². The summed E-state index contributed by atoms with van der Waals surface area (Å²) in [5, 5.41) is 0. The molecule has 1 aromatic rings. The molecule has 2 heteroatoms. The lowest BCUT2D eigenvalue weighted by atomic mass is 10.1. The van der Waals surface area contributed by atoms with Crippen LogP contribution in [0.2, 0.25) is 0 Å². The predicted octanol–water partition coefficient (Wildman–Crippen LogP) is 4.03. The zero-order chi connectivity index (χ0) is 9.68. The Morgan fingerprint density at radius 3 is 2.54 bits per heavy atom. The quantitative estimate of drug-likeness (QED) is 0.582. The molecule has 0 aliphatic rings. The summed E-state index contributed by atoms with van der Waals surface area (Å²) in [6.07, 6.45) is 3.29. The minimum absolute atomic E-state index is 0.757. The van der Waals surface area contributed by atoms with E-state index in [0.29, 0.717) is 0 Å². The molecule has 0 spiro atoms. The fraction of sp³-hybridized carbons (Fsp3) is 0.455. The van der Waals surface area contributed by atoms with Gasteiger partial charge in [0.05, 0.1) is 0 Å². The molecule has 0 saturated carbocycles. The van der Waals surface area contributed by atoms with Crippen LogP contribution in [0.25, 0.3) is 0 Å². The monoisotopic (exact) mass is 308 g/mol. The third-order valence-corrected chi connectivity index (χ3v) is 2.91. The number of aryl methyl sites for hydroxylation is 2. The highest BCUT2D eigenvalue weighted by atomic mass is 127. The van der Waals surface area contributed by atoms with E-state index >= 15 is 0 Å². The second-order valence-electron chi connectivity index (χ2n) is 3.11. The summed E-state index contributed by atoms with van der Waals surface area (Å²) < 4.78 is 1.33. The first kappa shape index (κ1) is 11.3. The Kier molecular flexibility index (Phi) is 5.10. The number of rotatable bonds is 4. The van der Waals surface area contributed by atoms with Crippen LogP contribution in [0, 0.1) is 3.57 Å². The Bertz CT molecular complexity index is 271. The van der Waals surface area contributed by atoms with Gasteiger partial charge in [0.15, 0.2) is 0 Å². The van der Waals surface area contributed by atoms with Gasteiger partial charge in [-0.1, -0.05) is 13.0 Å². The highest BCUT2D eigenvalue weighted by Crippen LogP contribution is 2.14. The normalized spacial score (nSPS) is 10.4. The van der Waals surface area contributed by atoms with Gasteiger partial charge in [-0.2, -0.15) is 0 Å². The van der Waals surface area contributed by atoms with E-state index < -0.39 is 0 Å². The summed E-state index contributed by atoms with van der Waals surface area (Å²) in [5.41, 5.74) is 2.85. The second-order valence-corrected chi connectivity index (χ2v) is 4.74. The minimum atomic E-state index is 0.757. The van der Waals surface area contributed by atoms with Crippen molar-refractivity contribution in [1.29, 1.82) is 0 Å². The van der Waals surface area contributed by atoms with E-state index in [-0.39, 0.29) is 0 Å². The van der Waals surface area contributed by atoms with Crippen LogP contribution < -0.4 is 0 Å². The van der Waals surface area contributed by atoms with Gasteiger partial charge in [0.1, 0.15) is 0 Å². The Hall–Kier alpha value is 0.240. The van der Waals surface area contributed by atoms with Gasteiger partial charge in [0, 0.05) is 9.45 Å². The summed E-state index contributed by atoms with van der Waals surface area (Å²) in [4.78, 5) is 0. The SMILES string of the molecule is CCc1cc(I)cc(CCCCl)c1. The highest BCUT2D eigenvalue weighted by molar-refractivity contribution is 14.1. The third kappa shape index (κ3) is 3.86. The fourth-order valence-corrected chi connectivity index (χ4v) is 2.27. The first-order valence-electron chi connectivity index (χ1n) is 4.60. The Balaban J connectivity index is 2.76. The molecule has 0 unspecified atom stereocenters. The van der Waals surface area contributed by atoms with Crippen LogP contribution in [0.15, 0.2) is 18.2 Å². The van der Waals surface area contributed by atoms with Gasteiger partial charge in [0.25, 0.3) is 0 Å². The Morgan fingerprint density at radius 1 is 1.23 bits per heavy atom. The average molecular weight is 309 g/mol. The standard InChI is InChI=1S/C11H14ClI/c1-2-9-6-10(4-3-5-12)8-11(13)7-9/h6-8H,2-5H2,1H3. The Labute approximate surface area is 98.8 Å². The van der Waals surface area contributed by atoms with Gasteiger partial charge >= 0.3 is 0 Å². The zero-order valence-corrected chi connectivity index (χ0v) is 10.7. The number of hydrogen-bond donors (Lipinski definition) is 0. The van der Waals surface area contributed by atoms with E-state index in [1.807, 2.05) is 0 Å². The van der Waals surface area contributed by atoms with Crippen molar-refractivity contribution in [3.05, 3.63) is 32.9 Å². The molecule has 0 nitrogen and oxygen atoms in total. The van der Waals surface area contributed by atoms with Gasteiger partial charge in [-0.25, -0.2) is 0 Å². The van der Waals surface area contributed by atoms with Crippen molar-refractivity contribution in [2.75, 3.05) is 5.88 Å². The number of alkyl halides is 1. The molecule has 1 rings (SSSR count). The van der Waals surface area contributed by atoms with Gasteiger partial charge in [-0.3, -0.25) is 0 Å². The van der Waals surface area contributed by atoms with Crippen LogP contribution >= 0.6 is 34.2 Å². The van der Waals surface area contributed by atoms with Crippen molar-refractivity contribution in [1.82, 2.24) is 0 Å². The lowest BCUT2D eigenvalue weighted by Crippen LogP contribution is -1.90. The Morgan fingerprint density at radius 2 is 1.92 bits per heavy atom. The van der Waals surface area contributed by atoms with Crippen LogP contribution in [-0.2, 0) is 12.8 Å². The van der Waals surface area contributed by atoms with Crippen LogP contribution in [0.1, 0.15) is 24.5 Å². The molecule has 0 aromatic heterocycles. The molecule has 0 aliphatic heterocycles. The molecule has 1 aromatic carbocycles. The van der Waals surface area contributed by atoms with Crippen molar-refractivity contribution < 1.29 is 0 Å². The topological polar surface area (TPSA) is 0 Å². The molecule has 0 fully saturated rings. The van der Waals surface area contributed by atoms with E-state index in [2.05, 4.69) is 47.7 Å². The summed E-state index contributed by atoms with van der Waals surface area (Å²) in [6, 6.07) is 6.77. The maximum Gasteiger partial charge on any atom is 0.0226 e. The number of benzene rings is 1. The lowest BCUT2D eigenvalue weighted by Gasteiger charge is -2.04. The maximum absolute atomic E-state index is 5.66. The largest absolute Gasteiger partial charge is 0.127 e. The van der Waals surface area contributed by atoms with Crippen molar-refractivity contribution in [2.45, 2.75) is 26.2 Å². The summed E-state index contributed by atoms with van der Waals surface area (Å²) in [7, 11) is 0. The van der Waals surface area contributed by atoms with Crippen LogP contribution in [-0.4, -0.2) is 5.88 Å². The van der Waals surface area contributed by atoms with Crippen molar-refractivity contribution in [2.24, 2.45) is 0 Å². The van der Waals surface area contributed by atoms with Gasteiger partial charge in [-0.05, 0) is 65.1 Å². The van der Waals surface area contributed by atoms with E-state index in [9.17, 15) is 0 Å². The molecule has 0 amide bonds. The number of halogens is 2. The predicted molar refractivity (Wildman–Crippen MR) is 67.6 cm³/mol. The lowest BCUT2D eigenvalue weighted by molar-refractivity contribution is 0.922. The molecule has 0 atom stereocenters. The first-order valence-corrected chi connectivity index (χ1v) is 6.22. The third-order valence-electron chi connectivity index (χ3n) is 2.02. The molecule has 0 aliphatic carbocycles. The number of hydrogen-bond acceptors (Lipinski definition) is 0. The highest BCUT2D eigenvalue weighted by Gasteiger charge is 1.97. The summed E-state index contributed by atoms with van der Waals surface area (Å²) in [6.45, 7) is 2.19. The van der Waals surface area contributed by atoms with E-state index in [0.717, 1.165) is 25.1 Å². The second kappa shape index (κ2) is 5.86. The average Bonchev–Trinajstić information content (AvgIpc) is 2.14. The van der Waals surface area contributed by atoms with Gasteiger partial charge in [-0.15, -0.1) is 11.6 Å². The molecule has 13 heavy (non-hydrogen) atoms. The van der Waals surface area contributed by atoms with Crippen molar-refractivity contribution in [3.63, 3.8) is 0 Å². The minimum Gasteiger partial charge on any atom is -0.127 e. The molecular formula is C11H14ClI. The fourth-order valence-electron chi connectivity index (χ4n) is 1.34. The van der Waals surface area contributed by atoms with Crippen LogP contribution in [0.5, 0.6) is 0 Å². The molecule has 0 saturated heterocycles. The van der Waals surface area contributed by atoms with Crippen LogP contribution in [0.3, 0.4) is 0 Å². The van der Waals surface area contributed by atoms with E-state index in [1.54, 1.807) is 0 Å². The smallest absolute Gasteiger partial charge is 0.0226 e. The first-order chi connectivity index (χ1) is 6.26. The summed E-state index contributed by atoms with van der Waals surface area (Å²) in [5.74, 6) is 0.757. The maximum atomic E-state index is 5.66.